The van der Waals surface area contributed by atoms with Gasteiger partial charge in [0.15, 0.2) is 0 Å². The molecule has 3 rings (SSSR count). The first-order chi connectivity index (χ1) is 19.8. The maximum absolute atomic E-state index is 13.5. The van der Waals surface area contributed by atoms with E-state index in [-0.39, 0.29) is 40.1 Å². The van der Waals surface area contributed by atoms with Crippen LogP contribution in [0.3, 0.4) is 0 Å². The van der Waals surface area contributed by atoms with Gasteiger partial charge in [0.2, 0.25) is 25.8 Å². The van der Waals surface area contributed by atoms with Crippen LogP contribution >= 0.6 is 23.1 Å². The minimum atomic E-state index is -5.08. The number of thiophene rings is 1. The lowest BCUT2D eigenvalue weighted by Gasteiger charge is -2.15. The van der Waals surface area contributed by atoms with E-state index in [4.69, 9.17) is 26.2 Å². The number of hydrogen-bond acceptors (Lipinski definition) is 9. The second kappa shape index (κ2) is 14.3. The van der Waals surface area contributed by atoms with Crippen LogP contribution in [-0.2, 0) is 29.4 Å². The average Bonchev–Trinajstić information content (AvgIpc) is 3.34. The number of hydrogen-bond donors (Lipinski definition) is 5. The van der Waals surface area contributed by atoms with Crippen LogP contribution in [0.25, 0.3) is 11.1 Å². The van der Waals surface area contributed by atoms with E-state index in [1.807, 2.05) is 13.0 Å². The zero-order valence-corrected chi connectivity index (χ0v) is 25.8. The topological polar surface area (TPSA) is 211 Å². The number of aryl methyl sites for hydroxylation is 1. The van der Waals surface area contributed by atoms with Crippen molar-refractivity contribution in [3.05, 3.63) is 59.0 Å². The molecule has 18 heteroatoms. The molecule has 0 aliphatic rings. The molecular weight excluding hydrogens is 654 g/mol. The van der Waals surface area contributed by atoms with Crippen LogP contribution in [0, 0.1) is 12.3 Å². The molecule has 0 fully saturated rings. The molecule has 0 saturated heterocycles. The maximum atomic E-state index is 13.5. The number of amidine groups is 1. The molecule has 0 radical (unpaired) electrons. The summed E-state index contributed by atoms with van der Waals surface area (Å²) in [6.07, 6.45) is -3.27. The van der Waals surface area contributed by atoms with Crippen molar-refractivity contribution in [3.63, 3.8) is 0 Å². The van der Waals surface area contributed by atoms with Gasteiger partial charge in [-0.2, -0.15) is 13.2 Å². The largest absolute Gasteiger partial charge is 0.490 e. The number of anilines is 1. The molecule has 3 aromatic rings. The molecule has 0 unspecified atom stereocenters. The SMILES string of the molecule is CSc1sc(C(=N)N)cc1S(=O)(=O)c1cccc(-c2c(C)cccc2NC(=O)CCCS(N)(=O)=O)c1.O=C(O)C(F)(F)F. The van der Waals surface area contributed by atoms with E-state index in [1.54, 1.807) is 36.6 Å². The Balaban J connectivity index is 0.000000821. The lowest BCUT2D eigenvalue weighted by Crippen LogP contribution is -2.21. The van der Waals surface area contributed by atoms with Crippen LogP contribution in [0.4, 0.5) is 18.9 Å². The van der Waals surface area contributed by atoms with Crippen molar-refractivity contribution in [2.45, 2.75) is 39.9 Å². The van der Waals surface area contributed by atoms with Crippen molar-refractivity contribution < 1.29 is 44.7 Å². The number of carboxylic acid groups (broad SMARTS) is 1. The molecule has 2 aromatic carbocycles. The van der Waals surface area contributed by atoms with Gasteiger partial charge in [-0.25, -0.2) is 26.8 Å². The van der Waals surface area contributed by atoms with Crippen molar-refractivity contribution in [3.8, 4) is 11.1 Å². The number of carbonyl (C=O) groups excluding carboxylic acids is 1. The Morgan fingerprint density at radius 1 is 1.09 bits per heavy atom. The lowest BCUT2D eigenvalue weighted by atomic mass is 9.98. The number of nitrogens with one attached hydrogen (secondary N) is 2. The third-order valence-electron chi connectivity index (χ3n) is 5.46. The van der Waals surface area contributed by atoms with E-state index in [0.717, 1.165) is 16.9 Å². The smallest absolute Gasteiger partial charge is 0.475 e. The molecule has 1 heterocycles. The number of carbonyl (C=O) groups is 2. The highest BCUT2D eigenvalue weighted by Gasteiger charge is 2.38. The zero-order chi connectivity index (χ0) is 32.8. The number of rotatable bonds is 10. The second-order valence-electron chi connectivity index (χ2n) is 8.73. The molecular formula is C25H27F3N4O7S4. The highest BCUT2D eigenvalue weighted by Crippen LogP contribution is 2.39. The molecule has 1 aromatic heterocycles. The number of aliphatic carboxylic acids is 1. The Labute approximate surface area is 254 Å². The molecule has 43 heavy (non-hydrogen) atoms. The number of thioether (sulfide) groups is 1. The summed E-state index contributed by atoms with van der Waals surface area (Å²) in [6, 6.07) is 13.1. The Morgan fingerprint density at radius 3 is 2.23 bits per heavy atom. The molecule has 1 amide bonds. The zero-order valence-electron chi connectivity index (χ0n) is 22.6. The van der Waals surface area contributed by atoms with Crippen LogP contribution < -0.4 is 16.2 Å². The van der Waals surface area contributed by atoms with E-state index in [9.17, 15) is 34.8 Å². The van der Waals surface area contributed by atoms with Gasteiger partial charge in [0, 0.05) is 17.7 Å². The first-order valence-electron chi connectivity index (χ1n) is 11.9. The van der Waals surface area contributed by atoms with Gasteiger partial charge in [0.05, 0.1) is 24.6 Å². The highest BCUT2D eigenvalue weighted by molar-refractivity contribution is 8.01. The minimum Gasteiger partial charge on any atom is -0.475 e. The van der Waals surface area contributed by atoms with Gasteiger partial charge in [-0.05, 0) is 55.0 Å². The predicted octanol–water partition coefficient (Wildman–Crippen LogP) is 4.20. The summed E-state index contributed by atoms with van der Waals surface area (Å²) in [5.41, 5.74) is 8.10. The normalized spacial score (nSPS) is 11.8. The van der Waals surface area contributed by atoms with Crippen molar-refractivity contribution in [1.29, 1.82) is 5.41 Å². The van der Waals surface area contributed by atoms with Gasteiger partial charge in [-0.1, -0.05) is 24.3 Å². The number of amides is 1. The van der Waals surface area contributed by atoms with Crippen LogP contribution in [-0.4, -0.2) is 57.8 Å². The van der Waals surface area contributed by atoms with E-state index in [2.05, 4.69) is 5.32 Å². The summed E-state index contributed by atoms with van der Waals surface area (Å²) in [4.78, 5) is 21.9. The second-order valence-corrected chi connectivity index (χ2v) is 14.5. The van der Waals surface area contributed by atoms with Gasteiger partial charge in [-0.15, -0.1) is 23.1 Å². The van der Waals surface area contributed by atoms with Gasteiger partial charge in [0.1, 0.15) is 5.84 Å². The van der Waals surface area contributed by atoms with Crippen molar-refractivity contribution in [1.82, 2.24) is 0 Å². The monoisotopic (exact) mass is 680 g/mol. The van der Waals surface area contributed by atoms with Crippen LogP contribution in [0.5, 0.6) is 0 Å². The molecule has 11 nitrogen and oxygen atoms in total. The molecule has 0 aliphatic carbocycles. The van der Waals surface area contributed by atoms with Gasteiger partial charge < -0.3 is 16.2 Å². The minimum absolute atomic E-state index is 0.0354. The third-order valence-corrected chi connectivity index (χ3v) is 10.7. The Bertz CT molecular complexity index is 1740. The number of carboxylic acids is 1. The molecule has 0 spiro atoms. The highest BCUT2D eigenvalue weighted by atomic mass is 32.2. The number of nitrogens with two attached hydrogens (primary N) is 2. The summed E-state index contributed by atoms with van der Waals surface area (Å²) in [6.45, 7) is 1.84. The summed E-state index contributed by atoms with van der Waals surface area (Å²) in [7, 11) is -7.58. The summed E-state index contributed by atoms with van der Waals surface area (Å²) < 4.78 is 81.6. The fourth-order valence-electron chi connectivity index (χ4n) is 3.57. The summed E-state index contributed by atoms with van der Waals surface area (Å²) in [5, 5.41) is 22.6. The standard InChI is InChI=1S/C23H26N4O5S4.C2HF3O2/c1-14-6-3-9-17(27-20(28)10-5-11-35(26,29)30)21(14)15-7-4-8-16(12-15)36(31,32)19-13-18(22(24)25)34-23(19)33-2;3-2(4,5)1(6)7/h3-4,6-9,12-13H,5,10-11H2,1-2H3,(H3,24,25)(H,27,28)(H2,26,29,30);(H,6,7). The number of primary sulfonamides is 1. The van der Waals surface area contributed by atoms with Gasteiger partial charge >= 0.3 is 12.1 Å². The number of benzene rings is 2. The average molecular weight is 681 g/mol. The van der Waals surface area contributed by atoms with E-state index in [1.165, 1.54) is 23.9 Å². The van der Waals surface area contributed by atoms with Crippen LogP contribution in [0.2, 0.25) is 0 Å². The van der Waals surface area contributed by atoms with Crippen LogP contribution in [0.15, 0.2) is 62.5 Å². The predicted molar refractivity (Wildman–Crippen MR) is 159 cm³/mol. The maximum Gasteiger partial charge on any atom is 0.490 e. The molecule has 7 N–H and O–H groups in total. The fourth-order valence-corrected chi connectivity index (χ4v) is 8.02. The Kier molecular flexibility index (Phi) is 11.9. The quantitative estimate of drug-likeness (QED) is 0.118. The number of halogens is 3. The van der Waals surface area contributed by atoms with E-state index in [0.29, 0.717) is 25.9 Å². The van der Waals surface area contributed by atoms with Gasteiger partial charge in [-0.3, -0.25) is 10.2 Å². The molecule has 0 bridgehead atoms. The van der Waals surface area contributed by atoms with Crippen molar-refractivity contribution >= 4 is 66.4 Å². The number of alkyl halides is 3. The molecule has 0 saturated carbocycles. The van der Waals surface area contributed by atoms with E-state index >= 15 is 0 Å². The molecule has 0 atom stereocenters. The first-order valence-corrected chi connectivity index (χ1v) is 17.1. The Hall–Kier alpha value is -3.45. The third kappa shape index (κ3) is 10.1. The molecule has 234 valence electrons. The molecule has 0 aliphatic heterocycles. The van der Waals surface area contributed by atoms with E-state index < -0.39 is 32.0 Å². The first kappa shape index (κ1) is 35.7. The van der Waals surface area contributed by atoms with Crippen molar-refractivity contribution in [2.75, 3.05) is 17.3 Å². The lowest BCUT2D eigenvalue weighted by molar-refractivity contribution is -0.192. The Morgan fingerprint density at radius 2 is 1.70 bits per heavy atom. The summed E-state index contributed by atoms with van der Waals surface area (Å²) in [5.74, 6) is -3.64. The van der Waals surface area contributed by atoms with Gasteiger partial charge in [0.25, 0.3) is 0 Å². The number of sulfonamides is 1. The number of sulfone groups is 1. The summed E-state index contributed by atoms with van der Waals surface area (Å²) >= 11 is 2.42. The van der Waals surface area contributed by atoms with Crippen molar-refractivity contribution in [2.24, 2.45) is 10.9 Å². The fraction of sp³-hybridized carbons (Fsp3) is 0.240. The number of nitrogen functional groups attached to an aromatic ring is 1. The van der Waals surface area contributed by atoms with Crippen LogP contribution in [0.1, 0.15) is 23.3 Å².